The lowest BCUT2D eigenvalue weighted by Gasteiger charge is -2.26. The van der Waals surface area contributed by atoms with Gasteiger partial charge in [0.1, 0.15) is 17.1 Å². The first-order valence-corrected chi connectivity index (χ1v) is 12.3. The maximum absolute atomic E-state index is 12.7. The number of fused-ring (bicyclic) bond motifs is 1. The van der Waals surface area contributed by atoms with Crippen LogP contribution < -0.4 is 0 Å². The summed E-state index contributed by atoms with van der Waals surface area (Å²) >= 11 is 6.35. The van der Waals surface area contributed by atoms with Crippen LogP contribution in [0.1, 0.15) is 67.8 Å². The first-order chi connectivity index (χ1) is 16.4. The number of phenols is 2. The highest BCUT2D eigenvalue weighted by molar-refractivity contribution is 6.33. The fraction of sp³-hybridized carbons (Fsp3) is 0.560. The van der Waals surface area contributed by atoms with Crippen molar-refractivity contribution >= 4 is 29.2 Å². The minimum Gasteiger partial charge on any atom is -0.507 e. The zero-order valence-corrected chi connectivity index (χ0v) is 20.4. The molecule has 2 heterocycles. The molecular weight excluding hydrogens is 460 g/mol. The van der Waals surface area contributed by atoms with E-state index < -0.39 is 11.7 Å². The summed E-state index contributed by atoms with van der Waals surface area (Å²) < 4.78 is 5.31. The minimum atomic E-state index is -0.728. The molecule has 0 radical (unpaired) electrons. The number of ether oxygens (including phenoxy) is 1. The van der Waals surface area contributed by atoms with Crippen molar-refractivity contribution in [2.75, 3.05) is 26.3 Å². The first-order valence-electron chi connectivity index (χ1n) is 11.9. The molecule has 2 aliphatic rings. The molecule has 1 unspecified atom stereocenters. The van der Waals surface area contributed by atoms with E-state index in [-0.39, 0.29) is 53.4 Å². The SMILES string of the molecule is CC1CC/C=C/CCOC(=O)c2c(O)cc(O)c(Cl)c2C/C(=N/OCC(=O)N2CCCCC2)C1. The van der Waals surface area contributed by atoms with E-state index in [0.29, 0.717) is 18.6 Å². The first kappa shape index (κ1) is 25.9. The van der Waals surface area contributed by atoms with Crippen LogP contribution in [0.5, 0.6) is 11.5 Å². The molecule has 1 saturated heterocycles. The van der Waals surface area contributed by atoms with Gasteiger partial charge in [-0.1, -0.05) is 35.8 Å². The molecule has 2 N–H and O–H groups in total. The third kappa shape index (κ3) is 7.13. The maximum Gasteiger partial charge on any atom is 0.342 e. The summed E-state index contributed by atoms with van der Waals surface area (Å²) in [4.78, 5) is 32.4. The largest absolute Gasteiger partial charge is 0.507 e. The standard InChI is InChI=1S/C25H33ClN2O6/c1-17-9-5-2-3-8-12-33-25(32)23-19(24(26)21(30)15-20(23)29)14-18(13-17)27-34-16-22(31)28-10-6-4-7-11-28/h2-3,15,17,29-30H,4-14,16H2,1H3/b3-2+,27-18+. The van der Waals surface area contributed by atoms with Crippen molar-refractivity contribution in [1.82, 2.24) is 4.90 Å². The Balaban J connectivity index is 1.86. The van der Waals surface area contributed by atoms with Crippen molar-refractivity contribution in [3.63, 3.8) is 0 Å². The predicted octanol–water partition coefficient (Wildman–Crippen LogP) is 4.60. The van der Waals surface area contributed by atoms with Gasteiger partial charge in [0.2, 0.25) is 0 Å². The van der Waals surface area contributed by atoms with Crippen LogP contribution in [-0.2, 0) is 20.8 Å². The predicted molar refractivity (Wildman–Crippen MR) is 129 cm³/mol. The second-order valence-corrected chi connectivity index (χ2v) is 9.29. The highest BCUT2D eigenvalue weighted by atomic mass is 35.5. The maximum atomic E-state index is 12.7. The average molecular weight is 493 g/mol. The fourth-order valence-corrected chi connectivity index (χ4v) is 4.47. The van der Waals surface area contributed by atoms with Crippen molar-refractivity contribution in [2.45, 2.75) is 58.3 Å². The number of rotatable bonds is 3. The van der Waals surface area contributed by atoms with Gasteiger partial charge in [0.25, 0.3) is 5.91 Å². The minimum absolute atomic E-state index is 0.0542. The Morgan fingerprint density at radius 2 is 1.94 bits per heavy atom. The van der Waals surface area contributed by atoms with Crippen LogP contribution in [-0.4, -0.2) is 59.0 Å². The quantitative estimate of drug-likeness (QED) is 0.362. The van der Waals surface area contributed by atoms with Gasteiger partial charge in [0.05, 0.1) is 17.3 Å². The summed E-state index contributed by atoms with van der Waals surface area (Å²) in [5.41, 5.74) is 0.670. The molecule has 1 aromatic rings. The molecule has 34 heavy (non-hydrogen) atoms. The van der Waals surface area contributed by atoms with E-state index in [1.54, 1.807) is 4.90 Å². The number of aromatic hydroxyl groups is 2. The molecule has 2 aliphatic heterocycles. The van der Waals surface area contributed by atoms with E-state index in [4.69, 9.17) is 21.2 Å². The van der Waals surface area contributed by atoms with E-state index in [1.807, 2.05) is 6.08 Å². The number of hydrogen-bond donors (Lipinski definition) is 2. The lowest BCUT2D eigenvalue weighted by Crippen LogP contribution is -2.37. The summed E-state index contributed by atoms with van der Waals surface area (Å²) in [5, 5.41) is 24.8. The van der Waals surface area contributed by atoms with Gasteiger partial charge >= 0.3 is 5.97 Å². The van der Waals surface area contributed by atoms with Gasteiger partial charge in [-0.2, -0.15) is 0 Å². The number of oxime groups is 1. The van der Waals surface area contributed by atoms with E-state index in [2.05, 4.69) is 18.2 Å². The van der Waals surface area contributed by atoms with E-state index >= 15 is 0 Å². The molecule has 0 spiro atoms. The fourth-order valence-electron chi connectivity index (χ4n) is 4.25. The van der Waals surface area contributed by atoms with Crippen molar-refractivity contribution in [1.29, 1.82) is 0 Å². The number of amides is 1. The number of cyclic esters (lactones) is 1. The third-order valence-corrected chi connectivity index (χ3v) is 6.51. The topological polar surface area (TPSA) is 109 Å². The summed E-state index contributed by atoms with van der Waals surface area (Å²) in [6, 6.07) is 1.03. The highest BCUT2D eigenvalue weighted by Crippen LogP contribution is 2.37. The van der Waals surface area contributed by atoms with E-state index in [1.165, 1.54) is 0 Å². The van der Waals surface area contributed by atoms with Crippen molar-refractivity contribution in [3.05, 3.63) is 34.4 Å². The van der Waals surface area contributed by atoms with Gasteiger partial charge in [-0.25, -0.2) is 4.79 Å². The summed E-state index contributed by atoms with van der Waals surface area (Å²) in [5.74, 6) is -1.36. The smallest absolute Gasteiger partial charge is 0.342 e. The van der Waals surface area contributed by atoms with Crippen molar-refractivity contribution in [3.8, 4) is 11.5 Å². The summed E-state index contributed by atoms with van der Waals surface area (Å²) in [6.45, 7) is 3.53. The van der Waals surface area contributed by atoms with Gasteiger partial charge in [0.15, 0.2) is 6.61 Å². The number of carbonyl (C=O) groups excluding carboxylic acids is 2. The molecule has 0 aliphatic carbocycles. The Labute approximate surface area is 205 Å². The third-order valence-electron chi connectivity index (χ3n) is 6.09. The second kappa shape index (κ2) is 12.6. The number of phenolic OH excluding ortho intramolecular Hbond substituents is 2. The second-order valence-electron chi connectivity index (χ2n) is 8.91. The molecule has 186 valence electrons. The summed E-state index contributed by atoms with van der Waals surface area (Å²) in [7, 11) is 0. The number of piperidine rings is 1. The Bertz CT molecular complexity index is 940. The Hall–Kier alpha value is -2.74. The van der Waals surface area contributed by atoms with Crippen molar-refractivity contribution < 1.29 is 29.4 Å². The number of nitrogens with zero attached hydrogens (tertiary/aromatic N) is 2. The Kier molecular flexibility index (Phi) is 9.62. The highest BCUT2D eigenvalue weighted by Gasteiger charge is 2.25. The van der Waals surface area contributed by atoms with Gasteiger partial charge in [0, 0.05) is 25.6 Å². The number of benzene rings is 1. The van der Waals surface area contributed by atoms with E-state index in [0.717, 1.165) is 51.3 Å². The molecular formula is C25H33ClN2O6. The van der Waals surface area contributed by atoms with Gasteiger partial charge in [-0.3, -0.25) is 4.79 Å². The van der Waals surface area contributed by atoms with Crippen LogP contribution in [0.2, 0.25) is 5.02 Å². The molecule has 0 saturated carbocycles. The zero-order valence-electron chi connectivity index (χ0n) is 19.6. The monoisotopic (exact) mass is 492 g/mol. The molecule has 1 atom stereocenters. The number of halogens is 1. The van der Waals surface area contributed by atoms with Gasteiger partial charge in [-0.05, 0) is 56.4 Å². The van der Waals surface area contributed by atoms with Crippen LogP contribution in [0, 0.1) is 5.92 Å². The lowest BCUT2D eigenvalue weighted by atomic mass is 9.93. The number of esters is 1. The Morgan fingerprint density at radius 3 is 2.71 bits per heavy atom. The molecule has 0 aromatic heterocycles. The molecule has 9 heteroatoms. The molecule has 1 aromatic carbocycles. The number of hydrogen-bond acceptors (Lipinski definition) is 7. The van der Waals surface area contributed by atoms with Crippen LogP contribution >= 0.6 is 11.6 Å². The molecule has 3 rings (SSSR count). The molecule has 1 amide bonds. The average Bonchev–Trinajstić information content (AvgIpc) is 2.81. The number of likely N-dealkylation sites (tertiary alicyclic amines) is 1. The Morgan fingerprint density at radius 1 is 1.21 bits per heavy atom. The zero-order chi connectivity index (χ0) is 24.5. The lowest BCUT2D eigenvalue weighted by molar-refractivity contribution is -0.137. The van der Waals surface area contributed by atoms with E-state index in [9.17, 15) is 19.8 Å². The molecule has 8 nitrogen and oxygen atoms in total. The molecule has 0 bridgehead atoms. The van der Waals surface area contributed by atoms with Crippen molar-refractivity contribution in [2.24, 2.45) is 11.1 Å². The van der Waals surface area contributed by atoms with Crippen LogP contribution in [0.3, 0.4) is 0 Å². The van der Waals surface area contributed by atoms with Gasteiger partial charge in [-0.15, -0.1) is 0 Å². The normalized spacial score (nSPS) is 22.4. The number of carbonyl (C=O) groups is 2. The van der Waals surface area contributed by atoms with Crippen LogP contribution in [0.25, 0.3) is 0 Å². The van der Waals surface area contributed by atoms with Gasteiger partial charge < -0.3 is 24.7 Å². The molecule has 1 fully saturated rings. The number of allylic oxidation sites excluding steroid dienone is 1. The summed E-state index contributed by atoms with van der Waals surface area (Å²) in [6.07, 6.45) is 10.1. The van der Waals surface area contributed by atoms with Crippen LogP contribution in [0.15, 0.2) is 23.4 Å². The van der Waals surface area contributed by atoms with Crippen LogP contribution in [0.4, 0.5) is 0 Å².